The van der Waals surface area contributed by atoms with Gasteiger partial charge in [0, 0.05) is 49.8 Å². The molecule has 9 nitrogen and oxygen atoms in total. The minimum atomic E-state index is -1.20. The molecule has 0 aromatic heterocycles. The average Bonchev–Trinajstić information content (AvgIpc) is 2.12. The van der Waals surface area contributed by atoms with Crippen molar-refractivity contribution in [3.8, 4) is 0 Å². The van der Waals surface area contributed by atoms with Crippen molar-refractivity contribution >= 4 is 86.1 Å². The second-order valence-corrected chi connectivity index (χ2v) is 34.9. The van der Waals surface area contributed by atoms with Crippen molar-refractivity contribution in [3.63, 3.8) is 0 Å². The Morgan fingerprint density at radius 2 is 0.379 bits per heavy atom. The molecular formula is C72H98O9P4Ru2+4. The fraction of sp³-hybridized carbons (Fsp3) is 0.306. The number of aliphatic carboxylic acids is 2. The number of hydrogen-bond donors (Lipinski definition) is 6. The Bertz CT molecular complexity index is 2470. The summed E-state index contributed by atoms with van der Waals surface area (Å²) in [6.07, 6.45) is 2.64. The van der Waals surface area contributed by atoms with E-state index >= 15 is 0 Å². The number of aliphatic hydroxyl groups is 4. The first kappa shape index (κ1) is 82.5. The quantitative estimate of drug-likeness (QED) is 0.0353. The van der Waals surface area contributed by atoms with Gasteiger partial charge in [0.1, 0.15) is 24.6 Å². The molecule has 15 heteroatoms. The summed E-state index contributed by atoms with van der Waals surface area (Å²) >= 11 is 0. The van der Waals surface area contributed by atoms with E-state index in [1.54, 1.807) is 83.1 Å². The molecule has 8 aromatic carbocycles. The van der Waals surface area contributed by atoms with Crippen LogP contribution in [0.25, 0.3) is 0 Å². The minimum Gasteiger partial charge on any atom is -0.481 e. The maximum absolute atomic E-state index is 10.0. The van der Waals surface area contributed by atoms with Crippen LogP contribution in [-0.2, 0) is 48.5 Å². The number of carboxylic acids is 2. The van der Waals surface area contributed by atoms with Crippen molar-refractivity contribution in [2.75, 3.05) is 24.6 Å². The van der Waals surface area contributed by atoms with Crippen LogP contribution in [0.15, 0.2) is 243 Å². The van der Waals surface area contributed by atoms with Crippen LogP contribution in [-0.4, -0.2) is 85.3 Å². The minimum absolute atomic E-state index is 0. The Kier molecular flexibility index (Phi) is 40.2. The molecule has 0 unspecified atom stereocenters. The van der Waals surface area contributed by atoms with Gasteiger partial charge in [-0.05, 0) is 139 Å². The maximum atomic E-state index is 10.0. The molecule has 8 rings (SSSR count). The largest absolute Gasteiger partial charge is 0.481 e. The molecule has 0 radical (unpaired) electrons. The van der Waals surface area contributed by atoms with E-state index in [2.05, 4.69) is 243 Å². The van der Waals surface area contributed by atoms with Crippen molar-refractivity contribution in [2.45, 2.75) is 95.7 Å². The van der Waals surface area contributed by atoms with E-state index in [4.69, 9.17) is 30.6 Å². The van der Waals surface area contributed by atoms with Crippen molar-refractivity contribution in [1.82, 2.24) is 0 Å². The number of rotatable bonds is 14. The van der Waals surface area contributed by atoms with Crippen LogP contribution in [0.4, 0.5) is 0 Å². The summed E-state index contributed by atoms with van der Waals surface area (Å²) in [6.45, 7) is 20.5. The third kappa shape index (κ3) is 32.7. The Morgan fingerprint density at radius 3 is 0.448 bits per heavy atom. The molecule has 0 fully saturated rings. The first-order chi connectivity index (χ1) is 39.6. The molecule has 8 aromatic rings. The van der Waals surface area contributed by atoms with Crippen LogP contribution < -0.4 is 42.4 Å². The van der Waals surface area contributed by atoms with Gasteiger partial charge < -0.3 is 36.1 Å². The topological polar surface area (TPSA) is 187 Å². The summed E-state index contributed by atoms with van der Waals surface area (Å²) in [5.74, 6) is -1.51. The molecular weight excluding hydrogens is 1330 g/mol. The number of carbonyl (C=O) groups is 2. The molecule has 0 heterocycles. The van der Waals surface area contributed by atoms with Gasteiger partial charge in [0.25, 0.3) is 0 Å². The number of benzene rings is 8. The van der Waals surface area contributed by atoms with Crippen molar-refractivity contribution in [1.29, 1.82) is 0 Å². The number of carboxylic acid groups (broad SMARTS) is 2. The Morgan fingerprint density at radius 1 is 0.287 bits per heavy atom. The van der Waals surface area contributed by atoms with Crippen LogP contribution in [0.1, 0.15) is 83.1 Å². The fourth-order valence-corrected chi connectivity index (χ4v) is 19.8. The fourth-order valence-electron chi connectivity index (χ4n) is 7.44. The predicted molar refractivity (Wildman–Crippen MR) is 374 cm³/mol. The van der Waals surface area contributed by atoms with Crippen molar-refractivity contribution in [2.24, 2.45) is 21.7 Å². The normalized spacial score (nSPS) is 11.0. The van der Waals surface area contributed by atoms with E-state index in [9.17, 15) is 9.59 Å². The Hall–Kier alpha value is -4.53. The average molecular weight is 1430 g/mol. The van der Waals surface area contributed by atoms with Gasteiger partial charge in [-0.3, -0.25) is 9.59 Å². The SMILES string of the molecule is CC(C)(C)C(=O)O.CC(C)(C)C(=O)O.CC(C)(C)C(O)O.CC(C)(C)C(O)O.O.[Ru].[Ru].c1ccc([PH+](CC[PH+](c2ccccc2)c2ccccc2)c2ccccc2)cc1.c1ccc([PH+](CC[PH+](c2ccccc2)c2ccccc2)c2ccccc2)cc1. The standard InChI is InChI=1S/2C26H24P2.2C5H12O2.2C5H10O2.H2O.2Ru/c2*1-5-13-23(14-6-1)27(24-15-7-2-8-16-24)21-22-28(25-17-9-3-10-18-25)26-19-11-4-12-20-26;4*1-5(2,3)4(6)7;;;/h2*1-20H,21-22H2;2*4,6-7H,1-3H3;2*1-3H3,(H,6,7);1H2;;/p+4. The van der Waals surface area contributed by atoms with E-state index in [-0.39, 0.29) is 55.3 Å². The second kappa shape index (κ2) is 42.5. The van der Waals surface area contributed by atoms with Crippen LogP contribution >= 0.6 is 31.7 Å². The summed E-state index contributed by atoms with van der Waals surface area (Å²) in [7, 11) is -3.13. The van der Waals surface area contributed by atoms with Crippen LogP contribution in [0, 0.1) is 21.7 Å². The van der Waals surface area contributed by atoms with Gasteiger partial charge in [-0.2, -0.15) is 0 Å². The summed E-state index contributed by atoms with van der Waals surface area (Å²) in [5, 5.41) is 62.4. The molecule has 0 saturated heterocycles. The zero-order valence-electron chi connectivity index (χ0n) is 52.8. The summed E-state index contributed by atoms with van der Waals surface area (Å²) in [4.78, 5) is 20.0. The smallest absolute Gasteiger partial charge is 0.308 e. The Labute approximate surface area is 551 Å². The van der Waals surface area contributed by atoms with Gasteiger partial charge in [-0.15, -0.1) is 0 Å². The van der Waals surface area contributed by atoms with Crippen LogP contribution in [0.3, 0.4) is 0 Å². The van der Waals surface area contributed by atoms with Gasteiger partial charge in [0.2, 0.25) is 0 Å². The van der Waals surface area contributed by atoms with E-state index < -0.39 is 67.0 Å². The van der Waals surface area contributed by atoms with Crippen molar-refractivity contribution in [3.05, 3.63) is 243 Å². The third-order valence-electron chi connectivity index (χ3n) is 13.1. The van der Waals surface area contributed by atoms with E-state index in [1.165, 1.54) is 67.1 Å². The monoisotopic (exact) mass is 1430 g/mol. The Balaban J connectivity index is 0.00000116. The van der Waals surface area contributed by atoms with Gasteiger partial charge in [0.15, 0.2) is 12.6 Å². The number of aliphatic hydroxyl groups excluding tert-OH is 2. The molecule has 0 saturated carbocycles. The van der Waals surface area contributed by atoms with Crippen LogP contribution in [0.2, 0.25) is 0 Å². The molecule has 0 aliphatic carbocycles. The van der Waals surface area contributed by atoms with E-state index in [1.807, 2.05) is 0 Å². The van der Waals surface area contributed by atoms with Crippen LogP contribution in [0.5, 0.6) is 0 Å². The molecule has 87 heavy (non-hydrogen) atoms. The molecule has 0 atom stereocenters. The second-order valence-electron chi connectivity index (χ2n) is 24.4. The third-order valence-corrected chi connectivity index (χ3v) is 25.3. The first-order valence-electron chi connectivity index (χ1n) is 28.7. The summed E-state index contributed by atoms with van der Waals surface area (Å²) < 4.78 is 0. The molecule has 0 amide bonds. The van der Waals surface area contributed by atoms with Gasteiger partial charge in [-0.25, -0.2) is 0 Å². The number of hydrogen-bond acceptors (Lipinski definition) is 6. The molecule has 8 N–H and O–H groups in total. The molecule has 0 spiro atoms. The van der Waals surface area contributed by atoms with Gasteiger partial charge >= 0.3 is 11.9 Å². The zero-order valence-corrected chi connectivity index (χ0v) is 60.3. The molecule has 0 aliphatic heterocycles. The maximum Gasteiger partial charge on any atom is 0.308 e. The van der Waals surface area contributed by atoms with Gasteiger partial charge in [-0.1, -0.05) is 187 Å². The molecule has 472 valence electrons. The first-order valence-corrected chi connectivity index (χ1v) is 35.5. The summed E-state index contributed by atoms with van der Waals surface area (Å²) in [5.41, 5.74) is -1.94. The van der Waals surface area contributed by atoms with E-state index in [0.717, 1.165) is 0 Å². The molecule has 0 bridgehead atoms. The van der Waals surface area contributed by atoms with Gasteiger partial charge in [0.05, 0.1) is 85.0 Å². The molecule has 0 aliphatic rings. The zero-order chi connectivity index (χ0) is 62.4. The summed E-state index contributed by atoms with van der Waals surface area (Å²) in [6, 6.07) is 89.0. The predicted octanol–water partition coefficient (Wildman–Crippen LogP) is 11.5. The van der Waals surface area contributed by atoms with E-state index in [0.29, 0.717) is 0 Å². The van der Waals surface area contributed by atoms with Crippen molar-refractivity contribution < 1.29 is 84.7 Å².